The molecule has 36 heavy (non-hydrogen) atoms. The number of nitrogens with one attached hydrogen (secondary N) is 2. The van der Waals surface area contributed by atoms with Crippen molar-refractivity contribution >= 4 is 28.3 Å². The minimum atomic E-state index is -0.741. The van der Waals surface area contributed by atoms with Crippen LogP contribution in [-0.4, -0.2) is 54.0 Å². The lowest BCUT2D eigenvalue weighted by Gasteiger charge is -2.60. The fourth-order valence-corrected chi connectivity index (χ4v) is 7.11. The van der Waals surface area contributed by atoms with Crippen molar-refractivity contribution in [2.45, 2.75) is 38.3 Å². The predicted octanol–water partition coefficient (Wildman–Crippen LogP) is 3.50. The van der Waals surface area contributed by atoms with E-state index in [1.807, 2.05) is 12.1 Å². The van der Waals surface area contributed by atoms with Gasteiger partial charge in [0.25, 0.3) is 0 Å². The number of aromatic amines is 1. The van der Waals surface area contributed by atoms with E-state index in [1.165, 1.54) is 12.5 Å². The number of carboxylic acids is 1. The number of carboxylic acid groups (broad SMARTS) is 1. The molecule has 6 atom stereocenters. The summed E-state index contributed by atoms with van der Waals surface area (Å²) in [6.45, 7) is 0.333. The van der Waals surface area contributed by atoms with Gasteiger partial charge in [-0.25, -0.2) is 18.9 Å². The van der Waals surface area contributed by atoms with Gasteiger partial charge in [0.2, 0.25) is 5.82 Å². The molecule has 6 unspecified atom stereocenters. The van der Waals surface area contributed by atoms with Gasteiger partial charge in [0.15, 0.2) is 11.5 Å². The summed E-state index contributed by atoms with van der Waals surface area (Å²) in [7, 11) is 1.61. The molecular formula is C25H26FN7O3. The summed E-state index contributed by atoms with van der Waals surface area (Å²) < 4.78 is 21.1. The maximum Gasteiger partial charge on any atom is 0.308 e. The molecule has 11 heteroatoms. The molecule has 8 rings (SSSR count). The number of hydrogen-bond donors (Lipinski definition) is 3. The van der Waals surface area contributed by atoms with E-state index < -0.39 is 17.7 Å². The molecule has 0 amide bonds. The van der Waals surface area contributed by atoms with E-state index in [-0.39, 0.29) is 12.0 Å². The summed E-state index contributed by atoms with van der Waals surface area (Å²) in [6.07, 6.45) is 5.44. The Hall–Kier alpha value is -3.60. The zero-order chi connectivity index (χ0) is 24.6. The molecule has 186 valence electrons. The number of carbonyl (C=O) groups is 1. The molecule has 0 saturated heterocycles. The average Bonchev–Trinajstić information content (AvgIpc) is 3.43. The molecular weight excluding hydrogens is 465 g/mol. The quantitative estimate of drug-likeness (QED) is 0.374. The molecule has 3 N–H and O–H groups in total. The van der Waals surface area contributed by atoms with Crippen LogP contribution in [0.2, 0.25) is 0 Å². The third-order valence-electron chi connectivity index (χ3n) is 8.70. The second-order valence-electron chi connectivity index (χ2n) is 10.3. The molecule has 4 aromatic heterocycles. The van der Waals surface area contributed by atoms with Crippen molar-refractivity contribution in [1.29, 1.82) is 0 Å². The largest absolute Gasteiger partial charge is 0.481 e. The lowest BCUT2D eigenvalue weighted by atomic mass is 9.46. The Morgan fingerprint density at radius 3 is 2.78 bits per heavy atom. The van der Waals surface area contributed by atoms with Gasteiger partial charge in [0, 0.05) is 13.2 Å². The van der Waals surface area contributed by atoms with Crippen LogP contribution in [0.15, 0.2) is 24.4 Å². The number of rotatable bonds is 6. The summed E-state index contributed by atoms with van der Waals surface area (Å²) in [6, 6.07) is 4.96. The van der Waals surface area contributed by atoms with Crippen molar-refractivity contribution in [1.82, 2.24) is 29.8 Å². The molecule has 0 spiro atoms. The average molecular weight is 492 g/mol. The topological polar surface area (TPSA) is 130 Å². The van der Waals surface area contributed by atoms with Crippen LogP contribution in [-0.2, 0) is 16.1 Å². The lowest BCUT2D eigenvalue weighted by molar-refractivity contribution is -0.160. The Labute approximate surface area is 205 Å². The Bertz CT molecular complexity index is 1500. The van der Waals surface area contributed by atoms with Gasteiger partial charge in [-0.05, 0) is 67.6 Å². The number of nitrogens with zero attached hydrogens (tertiary/aromatic N) is 5. The molecule has 10 nitrogen and oxygen atoms in total. The van der Waals surface area contributed by atoms with E-state index >= 15 is 0 Å². The first-order valence-corrected chi connectivity index (χ1v) is 12.4. The molecule has 4 aliphatic rings. The fraction of sp³-hybridized carbons (Fsp3) is 0.480. The van der Waals surface area contributed by atoms with E-state index in [2.05, 4.69) is 20.5 Å². The summed E-state index contributed by atoms with van der Waals surface area (Å²) in [5.74, 6) is 0.786. The maximum atomic E-state index is 14.0. The number of aliphatic carboxylic acids is 1. The van der Waals surface area contributed by atoms with Crippen LogP contribution >= 0.6 is 0 Å². The van der Waals surface area contributed by atoms with E-state index in [0.717, 1.165) is 36.7 Å². The third-order valence-corrected chi connectivity index (χ3v) is 8.70. The van der Waals surface area contributed by atoms with Crippen molar-refractivity contribution in [2.24, 2.45) is 29.6 Å². The molecule has 4 aromatic rings. The summed E-state index contributed by atoms with van der Waals surface area (Å²) in [5, 5.41) is 26.1. The van der Waals surface area contributed by atoms with Crippen molar-refractivity contribution in [3.63, 3.8) is 0 Å². The number of anilines is 1. The van der Waals surface area contributed by atoms with Gasteiger partial charge in [-0.1, -0.05) is 0 Å². The van der Waals surface area contributed by atoms with E-state index in [1.54, 1.807) is 11.6 Å². The first-order valence-electron chi connectivity index (χ1n) is 12.4. The highest BCUT2D eigenvalue weighted by atomic mass is 19.1. The third kappa shape index (κ3) is 3.08. The van der Waals surface area contributed by atoms with Gasteiger partial charge in [0.05, 0.1) is 29.8 Å². The van der Waals surface area contributed by atoms with Crippen LogP contribution in [0.5, 0.6) is 0 Å². The van der Waals surface area contributed by atoms with Gasteiger partial charge < -0.3 is 15.2 Å². The molecule has 4 fully saturated rings. The number of hydrogen-bond acceptors (Lipinski definition) is 7. The second-order valence-corrected chi connectivity index (χ2v) is 10.3. The smallest absolute Gasteiger partial charge is 0.308 e. The van der Waals surface area contributed by atoms with Crippen LogP contribution in [0.25, 0.3) is 28.1 Å². The number of fused-ring (bicyclic) bond motifs is 4. The van der Waals surface area contributed by atoms with Gasteiger partial charge in [0.1, 0.15) is 17.0 Å². The number of pyridine rings is 1. The first kappa shape index (κ1) is 21.7. The number of ether oxygens (including phenoxy) is 1. The van der Waals surface area contributed by atoms with Crippen molar-refractivity contribution in [3.05, 3.63) is 35.9 Å². The summed E-state index contributed by atoms with van der Waals surface area (Å²) in [4.78, 5) is 21.3. The van der Waals surface area contributed by atoms with E-state index in [9.17, 15) is 14.3 Å². The predicted molar refractivity (Wildman–Crippen MR) is 128 cm³/mol. The summed E-state index contributed by atoms with van der Waals surface area (Å²) >= 11 is 0. The highest BCUT2D eigenvalue weighted by Crippen LogP contribution is 2.60. The monoisotopic (exact) mass is 491 g/mol. The summed E-state index contributed by atoms with van der Waals surface area (Å²) in [5.41, 5.74) is 2.35. The van der Waals surface area contributed by atoms with E-state index in [4.69, 9.17) is 14.8 Å². The van der Waals surface area contributed by atoms with Gasteiger partial charge in [-0.15, -0.1) is 5.10 Å². The Balaban J connectivity index is 1.36. The highest BCUT2D eigenvalue weighted by molar-refractivity contribution is 5.89. The normalized spacial score (nSPS) is 28.8. The molecule has 0 aromatic carbocycles. The molecule has 4 saturated carbocycles. The van der Waals surface area contributed by atoms with Gasteiger partial charge >= 0.3 is 5.97 Å². The zero-order valence-electron chi connectivity index (χ0n) is 19.7. The number of aromatic nitrogens is 6. The minimum absolute atomic E-state index is 0.197. The standard InChI is InChI=1S/C25H26FN7O3/c1-36-10-12-2-7-18-23(28-20-16-6-5-15(19(20)25(34)35)13-3-4-14(13)16)29-24(32-33(12)18)21-17-8-11(26)9-27-22(17)31-30-21/h2,7-9,13-16,19-20H,3-6,10H2,1H3,(H,34,35)(H,27,30,31)(H,28,29,32). The second kappa shape index (κ2) is 7.95. The van der Waals surface area contributed by atoms with Gasteiger partial charge in [-0.3, -0.25) is 9.89 Å². The van der Waals surface area contributed by atoms with E-state index in [0.29, 0.717) is 52.7 Å². The Kier molecular flexibility index (Phi) is 4.79. The van der Waals surface area contributed by atoms with Crippen molar-refractivity contribution in [3.8, 4) is 11.5 Å². The highest BCUT2D eigenvalue weighted by Gasteiger charge is 2.59. The van der Waals surface area contributed by atoms with Gasteiger partial charge in [-0.2, -0.15) is 5.10 Å². The number of halogens is 1. The number of methoxy groups -OCH3 is 1. The lowest BCUT2D eigenvalue weighted by Crippen LogP contribution is -2.61. The fourth-order valence-electron chi connectivity index (χ4n) is 7.11. The molecule has 0 aliphatic heterocycles. The Morgan fingerprint density at radius 2 is 2.00 bits per heavy atom. The number of H-pyrrole nitrogens is 1. The molecule has 4 aliphatic carbocycles. The van der Waals surface area contributed by atoms with Crippen molar-refractivity contribution in [2.75, 3.05) is 12.4 Å². The maximum absolute atomic E-state index is 14.0. The van der Waals surface area contributed by atoms with Crippen LogP contribution in [0, 0.1) is 35.4 Å². The SMILES string of the molecule is COCc1ccc2c(NC3C4CCC(C5CCC54)C3C(=O)O)nc(-c3[nH]nc4ncc(F)cc34)nn12. The minimum Gasteiger partial charge on any atom is -0.481 e. The molecule has 0 radical (unpaired) electrons. The molecule has 4 heterocycles. The van der Waals surface area contributed by atoms with Crippen LogP contribution in [0.3, 0.4) is 0 Å². The first-order chi connectivity index (χ1) is 17.5. The van der Waals surface area contributed by atoms with Crippen LogP contribution < -0.4 is 5.32 Å². The van der Waals surface area contributed by atoms with Crippen molar-refractivity contribution < 1.29 is 19.0 Å². The zero-order valence-corrected chi connectivity index (χ0v) is 19.7. The van der Waals surface area contributed by atoms with Crippen LogP contribution in [0.1, 0.15) is 31.4 Å². The Morgan fingerprint density at radius 1 is 1.22 bits per heavy atom. The molecule has 2 bridgehead atoms. The van der Waals surface area contributed by atoms with Crippen LogP contribution in [0.4, 0.5) is 10.2 Å².